The number of nitrogens with zero attached hydrogens (tertiary/aromatic N) is 2. The fourth-order valence-electron chi connectivity index (χ4n) is 1.36. The summed E-state index contributed by atoms with van der Waals surface area (Å²) < 4.78 is 0.733. The first kappa shape index (κ1) is 16.7. The maximum absolute atomic E-state index is 11.6. The van der Waals surface area contributed by atoms with Crippen LogP contribution in [0.15, 0.2) is 10.7 Å². The molecule has 112 valence electrons. The highest BCUT2D eigenvalue weighted by atomic mass is 79.9. The van der Waals surface area contributed by atoms with Crippen LogP contribution in [0.2, 0.25) is 0 Å². The molecule has 6 nitrogen and oxygen atoms in total. The summed E-state index contributed by atoms with van der Waals surface area (Å²) in [6.45, 7) is 7.87. The zero-order chi connectivity index (χ0) is 15.0. The maximum Gasteiger partial charge on any atom is 0.239 e. The molecule has 1 amide bonds. The Morgan fingerprint density at radius 1 is 1.40 bits per heavy atom. The van der Waals surface area contributed by atoms with E-state index in [1.165, 1.54) is 0 Å². The van der Waals surface area contributed by atoms with Gasteiger partial charge in [-0.3, -0.25) is 4.79 Å². The van der Waals surface area contributed by atoms with Crippen LogP contribution in [0, 0.1) is 5.92 Å². The fraction of sp³-hybridized carbons (Fsp3) is 0.615. The van der Waals surface area contributed by atoms with Gasteiger partial charge in [0.05, 0.1) is 11.0 Å². The molecular weight excluding hydrogens is 322 g/mol. The lowest BCUT2D eigenvalue weighted by molar-refractivity contribution is -0.119. The summed E-state index contributed by atoms with van der Waals surface area (Å²) in [5.74, 6) is 1.56. The highest BCUT2D eigenvalue weighted by Crippen LogP contribution is 2.19. The number of anilines is 2. The van der Waals surface area contributed by atoms with Gasteiger partial charge in [-0.15, -0.1) is 0 Å². The van der Waals surface area contributed by atoms with Gasteiger partial charge in [0, 0.05) is 19.3 Å². The van der Waals surface area contributed by atoms with E-state index in [0.29, 0.717) is 24.2 Å². The van der Waals surface area contributed by atoms with Crippen molar-refractivity contribution < 1.29 is 4.79 Å². The van der Waals surface area contributed by atoms with Crippen LogP contribution in [0.3, 0.4) is 0 Å². The van der Waals surface area contributed by atoms with Gasteiger partial charge < -0.3 is 16.0 Å². The number of aromatic nitrogens is 2. The molecule has 0 fully saturated rings. The maximum atomic E-state index is 11.6. The smallest absolute Gasteiger partial charge is 0.239 e. The molecule has 20 heavy (non-hydrogen) atoms. The van der Waals surface area contributed by atoms with Crippen LogP contribution >= 0.6 is 15.9 Å². The summed E-state index contributed by atoms with van der Waals surface area (Å²) in [7, 11) is 0. The molecule has 0 aliphatic rings. The normalized spacial score (nSPS) is 10.4. The van der Waals surface area contributed by atoms with E-state index < -0.39 is 0 Å². The minimum atomic E-state index is -0.0488. The average molecular weight is 344 g/mol. The van der Waals surface area contributed by atoms with Crippen molar-refractivity contribution in [2.24, 2.45) is 5.92 Å². The second-order valence-electron chi connectivity index (χ2n) is 4.87. The van der Waals surface area contributed by atoms with E-state index in [1.54, 1.807) is 6.20 Å². The molecule has 0 atom stereocenters. The number of nitrogens with one attached hydrogen (secondary N) is 3. The topological polar surface area (TPSA) is 78.9 Å². The van der Waals surface area contributed by atoms with Crippen LogP contribution in [0.25, 0.3) is 0 Å². The summed E-state index contributed by atoms with van der Waals surface area (Å²) in [5, 5.41) is 8.95. The summed E-state index contributed by atoms with van der Waals surface area (Å²) in [6, 6.07) is 0. The third-order valence-electron chi connectivity index (χ3n) is 2.40. The lowest BCUT2D eigenvalue weighted by Crippen LogP contribution is -2.32. The fourth-order valence-corrected chi connectivity index (χ4v) is 1.69. The van der Waals surface area contributed by atoms with E-state index in [2.05, 4.69) is 62.6 Å². The Bertz CT molecular complexity index is 439. The molecule has 3 N–H and O–H groups in total. The monoisotopic (exact) mass is 343 g/mol. The number of carbonyl (C=O) groups excluding carboxylic acids is 1. The van der Waals surface area contributed by atoms with Gasteiger partial charge in [-0.05, 0) is 28.3 Å². The zero-order valence-corrected chi connectivity index (χ0v) is 13.7. The van der Waals surface area contributed by atoms with Crippen molar-refractivity contribution >= 4 is 33.6 Å². The molecule has 0 aliphatic heterocycles. The SMILES string of the molecule is CCCNc1ncc(Br)c(NCC(=O)NCC(C)C)n1. The lowest BCUT2D eigenvalue weighted by atomic mass is 10.2. The summed E-state index contributed by atoms with van der Waals surface area (Å²) >= 11 is 3.36. The number of rotatable bonds is 8. The molecule has 1 heterocycles. The minimum Gasteiger partial charge on any atom is -0.360 e. The molecule has 0 unspecified atom stereocenters. The van der Waals surface area contributed by atoms with Crippen molar-refractivity contribution in [1.29, 1.82) is 0 Å². The van der Waals surface area contributed by atoms with Gasteiger partial charge in [0.2, 0.25) is 11.9 Å². The van der Waals surface area contributed by atoms with E-state index in [1.807, 2.05) is 0 Å². The highest BCUT2D eigenvalue weighted by molar-refractivity contribution is 9.10. The van der Waals surface area contributed by atoms with E-state index >= 15 is 0 Å². The van der Waals surface area contributed by atoms with Crippen molar-refractivity contribution in [3.63, 3.8) is 0 Å². The molecule has 1 aromatic heterocycles. The predicted molar refractivity (Wildman–Crippen MR) is 84.9 cm³/mol. The highest BCUT2D eigenvalue weighted by Gasteiger charge is 2.07. The Balaban J connectivity index is 2.51. The molecule has 0 spiro atoms. The second kappa shape index (κ2) is 8.73. The summed E-state index contributed by atoms with van der Waals surface area (Å²) in [5.41, 5.74) is 0. The molecule has 1 aromatic rings. The van der Waals surface area contributed by atoms with Gasteiger partial charge in [-0.25, -0.2) is 4.98 Å². The van der Waals surface area contributed by atoms with Crippen LogP contribution in [0.5, 0.6) is 0 Å². The van der Waals surface area contributed by atoms with Crippen LogP contribution in [-0.2, 0) is 4.79 Å². The second-order valence-corrected chi connectivity index (χ2v) is 5.72. The molecular formula is C13H22BrN5O. The average Bonchev–Trinajstić information content (AvgIpc) is 2.42. The Morgan fingerprint density at radius 3 is 2.80 bits per heavy atom. The van der Waals surface area contributed by atoms with E-state index in [-0.39, 0.29) is 12.5 Å². The molecule has 0 aromatic carbocycles. The third kappa shape index (κ3) is 6.18. The first-order valence-electron chi connectivity index (χ1n) is 6.80. The zero-order valence-electron chi connectivity index (χ0n) is 12.2. The van der Waals surface area contributed by atoms with Crippen LogP contribution < -0.4 is 16.0 Å². The Hall–Kier alpha value is -1.37. The number of halogens is 1. The van der Waals surface area contributed by atoms with Crippen molar-refractivity contribution in [1.82, 2.24) is 15.3 Å². The number of carbonyl (C=O) groups is 1. The first-order valence-corrected chi connectivity index (χ1v) is 7.59. The molecule has 0 saturated heterocycles. The Labute approximate surface area is 128 Å². The quantitative estimate of drug-likeness (QED) is 0.674. The molecule has 1 rings (SSSR count). The molecule has 0 saturated carbocycles. The van der Waals surface area contributed by atoms with Gasteiger partial charge in [-0.1, -0.05) is 20.8 Å². The lowest BCUT2D eigenvalue weighted by Gasteiger charge is -2.11. The van der Waals surface area contributed by atoms with E-state index in [9.17, 15) is 4.79 Å². The standard InChI is InChI=1S/C13H22BrN5O/c1-4-5-15-13-18-7-10(14)12(19-13)17-8-11(20)16-6-9(2)3/h7,9H,4-6,8H2,1-3H3,(H,16,20)(H2,15,17,18,19). The molecule has 7 heteroatoms. The Kier molecular flexibility index (Phi) is 7.28. The first-order chi connectivity index (χ1) is 9.52. The molecule has 0 radical (unpaired) electrons. The van der Waals surface area contributed by atoms with Crippen molar-refractivity contribution in [3.8, 4) is 0 Å². The summed E-state index contributed by atoms with van der Waals surface area (Å²) in [6.07, 6.45) is 2.67. The summed E-state index contributed by atoms with van der Waals surface area (Å²) in [4.78, 5) is 20.1. The largest absolute Gasteiger partial charge is 0.360 e. The van der Waals surface area contributed by atoms with Gasteiger partial charge in [-0.2, -0.15) is 4.98 Å². The Morgan fingerprint density at radius 2 is 2.15 bits per heavy atom. The van der Waals surface area contributed by atoms with Gasteiger partial charge >= 0.3 is 0 Å². The van der Waals surface area contributed by atoms with Gasteiger partial charge in [0.25, 0.3) is 0 Å². The molecule has 0 aliphatic carbocycles. The predicted octanol–water partition coefficient (Wildman–Crippen LogP) is 2.25. The third-order valence-corrected chi connectivity index (χ3v) is 2.98. The molecule has 0 bridgehead atoms. The number of hydrogen-bond acceptors (Lipinski definition) is 5. The van der Waals surface area contributed by atoms with E-state index in [4.69, 9.17) is 0 Å². The van der Waals surface area contributed by atoms with Crippen molar-refractivity contribution in [2.45, 2.75) is 27.2 Å². The number of hydrogen-bond donors (Lipinski definition) is 3. The van der Waals surface area contributed by atoms with Crippen molar-refractivity contribution in [3.05, 3.63) is 10.7 Å². The van der Waals surface area contributed by atoms with Crippen LogP contribution in [0.4, 0.5) is 11.8 Å². The minimum absolute atomic E-state index is 0.0488. The number of amides is 1. The van der Waals surface area contributed by atoms with Gasteiger partial charge in [0.15, 0.2) is 0 Å². The van der Waals surface area contributed by atoms with E-state index in [0.717, 1.165) is 17.4 Å². The van der Waals surface area contributed by atoms with Crippen LogP contribution in [0.1, 0.15) is 27.2 Å². The van der Waals surface area contributed by atoms with Crippen LogP contribution in [-0.4, -0.2) is 35.5 Å². The van der Waals surface area contributed by atoms with Crippen molar-refractivity contribution in [2.75, 3.05) is 30.3 Å². The van der Waals surface area contributed by atoms with Gasteiger partial charge in [0.1, 0.15) is 5.82 Å².